The zero-order valence-corrected chi connectivity index (χ0v) is 19.4. The average molecular weight is 467 g/mol. The highest BCUT2D eigenvalue weighted by Gasteiger charge is 2.18. The van der Waals surface area contributed by atoms with Gasteiger partial charge in [-0.3, -0.25) is 0 Å². The first-order chi connectivity index (χ1) is 15.5. The van der Waals surface area contributed by atoms with E-state index in [1.807, 2.05) is 59.3 Å². The van der Waals surface area contributed by atoms with Crippen molar-refractivity contribution in [1.82, 2.24) is 9.78 Å². The van der Waals surface area contributed by atoms with Crippen molar-refractivity contribution in [2.75, 3.05) is 13.7 Å². The van der Waals surface area contributed by atoms with Gasteiger partial charge in [0.2, 0.25) is 0 Å². The number of halogens is 2. The molecule has 3 aromatic carbocycles. The molecule has 0 amide bonds. The third-order valence-corrected chi connectivity index (χ3v) is 6.22. The largest absolute Gasteiger partial charge is 0.497 e. The normalized spacial score (nSPS) is 12.0. The Labute approximate surface area is 198 Å². The first-order valence-electron chi connectivity index (χ1n) is 10.3. The second-order valence-electron chi connectivity index (χ2n) is 7.76. The summed E-state index contributed by atoms with van der Waals surface area (Å²) in [5.41, 5.74) is 5.84. The summed E-state index contributed by atoms with van der Waals surface area (Å²) in [6.07, 6.45) is 0.609. The van der Waals surface area contributed by atoms with Crippen LogP contribution in [-0.4, -0.2) is 28.6 Å². The fourth-order valence-corrected chi connectivity index (χ4v) is 4.07. The monoisotopic (exact) mass is 466 g/mol. The average Bonchev–Trinajstić information content (AvgIpc) is 3.23. The topological polar surface area (TPSA) is 47.3 Å². The maximum Gasteiger partial charge on any atom is 0.119 e. The summed E-state index contributed by atoms with van der Waals surface area (Å²) in [4.78, 5) is 0. The molecule has 0 saturated carbocycles. The Morgan fingerprint density at radius 2 is 1.75 bits per heavy atom. The number of hydrogen-bond donors (Lipinski definition) is 1. The van der Waals surface area contributed by atoms with Crippen LogP contribution in [0.3, 0.4) is 0 Å². The highest BCUT2D eigenvalue weighted by Crippen LogP contribution is 2.32. The van der Waals surface area contributed by atoms with Crippen LogP contribution >= 0.6 is 23.2 Å². The quantitative estimate of drug-likeness (QED) is 0.338. The zero-order valence-electron chi connectivity index (χ0n) is 17.9. The summed E-state index contributed by atoms with van der Waals surface area (Å²) in [6, 6.07) is 23.6. The van der Waals surface area contributed by atoms with Gasteiger partial charge in [0, 0.05) is 17.9 Å². The van der Waals surface area contributed by atoms with Crippen LogP contribution in [0.1, 0.15) is 22.7 Å². The molecule has 1 atom stereocenters. The van der Waals surface area contributed by atoms with Crippen molar-refractivity contribution in [3.63, 3.8) is 0 Å². The van der Waals surface area contributed by atoms with Crippen LogP contribution in [0, 0.1) is 6.92 Å². The molecular weight excluding hydrogens is 443 g/mol. The van der Waals surface area contributed by atoms with E-state index in [-0.39, 0.29) is 12.5 Å². The Balaban J connectivity index is 1.76. The fourth-order valence-electron chi connectivity index (χ4n) is 3.78. The van der Waals surface area contributed by atoms with Crippen molar-refractivity contribution < 1.29 is 9.84 Å². The van der Waals surface area contributed by atoms with Gasteiger partial charge in [-0.2, -0.15) is 5.10 Å². The Kier molecular flexibility index (Phi) is 6.85. The second-order valence-corrected chi connectivity index (χ2v) is 8.57. The molecule has 164 valence electrons. The number of aliphatic hydroxyl groups is 1. The van der Waals surface area contributed by atoms with Crippen LogP contribution in [-0.2, 0) is 6.42 Å². The number of aryl methyl sites for hydroxylation is 1. The molecule has 0 aliphatic carbocycles. The van der Waals surface area contributed by atoms with Crippen molar-refractivity contribution in [3.8, 4) is 22.7 Å². The predicted octanol–water partition coefficient (Wildman–Crippen LogP) is 6.48. The van der Waals surface area contributed by atoms with Gasteiger partial charge in [0.05, 0.1) is 40.8 Å². The smallest absolute Gasteiger partial charge is 0.119 e. The zero-order chi connectivity index (χ0) is 22.7. The third-order valence-electron chi connectivity index (χ3n) is 5.48. The van der Waals surface area contributed by atoms with Crippen LogP contribution in [0.15, 0.2) is 72.8 Å². The van der Waals surface area contributed by atoms with Gasteiger partial charge in [-0.25, -0.2) is 4.68 Å². The molecule has 1 aromatic heterocycles. The molecule has 4 rings (SSSR count). The molecule has 0 aliphatic rings. The number of hydrogen-bond acceptors (Lipinski definition) is 3. The lowest BCUT2D eigenvalue weighted by Crippen LogP contribution is -2.09. The molecule has 1 unspecified atom stereocenters. The van der Waals surface area contributed by atoms with Crippen LogP contribution in [0.2, 0.25) is 10.0 Å². The van der Waals surface area contributed by atoms with Gasteiger partial charge in [-0.15, -0.1) is 0 Å². The molecular formula is C26H24Cl2N2O2. The summed E-state index contributed by atoms with van der Waals surface area (Å²) in [7, 11) is 1.64. The van der Waals surface area contributed by atoms with Crippen molar-refractivity contribution in [2.45, 2.75) is 19.3 Å². The number of ether oxygens (including phenoxy) is 1. The van der Waals surface area contributed by atoms with Gasteiger partial charge in [0.25, 0.3) is 0 Å². The number of benzene rings is 3. The van der Waals surface area contributed by atoms with Gasteiger partial charge >= 0.3 is 0 Å². The third kappa shape index (κ3) is 4.83. The molecule has 0 radical (unpaired) electrons. The SMILES string of the molecule is COc1ccc(-n2nc(CC(CO)c3cccc(C)c3)cc2-c2ccc(Cl)c(Cl)c2)cc1. The Morgan fingerprint density at radius 3 is 2.41 bits per heavy atom. The van der Waals surface area contributed by atoms with E-state index in [2.05, 4.69) is 19.1 Å². The molecule has 0 saturated heterocycles. The summed E-state index contributed by atoms with van der Waals surface area (Å²) in [6.45, 7) is 2.10. The van der Waals surface area contributed by atoms with Gasteiger partial charge in [-0.05, 0) is 55.0 Å². The van der Waals surface area contributed by atoms with Crippen LogP contribution in [0.4, 0.5) is 0 Å². The van der Waals surface area contributed by atoms with E-state index in [0.717, 1.165) is 34.0 Å². The molecule has 0 bridgehead atoms. The lowest BCUT2D eigenvalue weighted by atomic mass is 9.93. The van der Waals surface area contributed by atoms with Crippen molar-refractivity contribution >= 4 is 23.2 Å². The van der Waals surface area contributed by atoms with Crippen molar-refractivity contribution in [2.24, 2.45) is 0 Å². The summed E-state index contributed by atoms with van der Waals surface area (Å²) in [5, 5.41) is 16.0. The summed E-state index contributed by atoms with van der Waals surface area (Å²) < 4.78 is 7.18. The van der Waals surface area contributed by atoms with E-state index in [9.17, 15) is 5.11 Å². The molecule has 32 heavy (non-hydrogen) atoms. The molecule has 0 aliphatic heterocycles. The van der Waals surface area contributed by atoms with E-state index >= 15 is 0 Å². The fraction of sp³-hybridized carbons (Fsp3) is 0.192. The number of aliphatic hydroxyl groups excluding tert-OH is 1. The van der Waals surface area contributed by atoms with Gasteiger partial charge < -0.3 is 9.84 Å². The van der Waals surface area contributed by atoms with Crippen molar-refractivity contribution in [1.29, 1.82) is 0 Å². The molecule has 0 spiro atoms. The molecule has 0 fully saturated rings. The highest BCUT2D eigenvalue weighted by atomic mass is 35.5. The van der Waals surface area contributed by atoms with Crippen LogP contribution in [0.5, 0.6) is 5.75 Å². The summed E-state index contributed by atoms with van der Waals surface area (Å²) >= 11 is 12.4. The standard InChI is InChI=1S/C26H24Cl2N2O2/c1-17-4-3-5-18(12-17)20(16-31)13-21-15-26(19-6-11-24(27)25(28)14-19)30(29-21)22-7-9-23(32-2)10-8-22/h3-12,14-15,20,31H,13,16H2,1-2H3. The minimum atomic E-state index is -0.0456. The van der Waals surface area contributed by atoms with Gasteiger partial charge in [0.15, 0.2) is 0 Å². The highest BCUT2D eigenvalue weighted by molar-refractivity contribution is 6.42. The molecule has 6 heteroatoms. The maximum absolute atomic E-state index is 10.1. The first kappa shape index (κ1) is 22.4. The first-order valence-corrected chi connectivity index (χ1v) is 11.1. The molecule has 1 N–H and O–H groups in total. The van der Waals surface area contributed by atoms with E-state index in [0.29, 0.717) is 16.5 Å². The molecule has 1 heterocycles. The number of aromatic nitrogens is 2. The second kappa shape index (κ2) is 9.78. The predicted molar refractivity (Wildman–Crippen MR) is 130 cm³/mol. The van der Waals surface area contributed by atoms with E-state index in [4.69, 9.17) is 33.0 Å². The number of methoxy groups -OCH3 is 1. The Morgan fingerprint density at radius 1 is 0.969 bits per heavy atom. The van der Waals surface area contributed by atoms with Crippen molar-refractivity contribution in [3.05, 3.63) is 99.7 Å². The lowest BCUT2D eigenvalue weighted by molar-refractivity contribution is 0.263. The van der Waals surface area contributed by atoms with Gasteiger partial charge in [-0.1, -0.05) is 59.1 Å². The molecule has 4 aromatic rings. The Bertz CT molecular complexity index is 1220. The Hall–Kier alpha value is -2.79. The minimum absolute atomic E-state index is 0.0426. The van der Waals surface area contributed by atoms with Gasteiger partial charge in [0.1, 0.15) is 5.75 Å². The lowest BCUT2D eigenvalue weighted by Gasteiger charge is -2.14. The maximum atomic E-state index is 10.1. The van der Waals surface area contributed by atoms with E-state index < -0.39 is 0 Å². The molecule has 4 nitrogen and oxygen atoms in total. The van der Waals surface area contributed by atoms with E-state index in [1.54, 1.807) is 13.2 Å². The summed E-state index contributed by atoms with van der Waals surface area (Å²) in [5.74, 6) is 0.729. The minimum Gasteiger partial charge on any atom is -0.497 e. The van der Waals surface area contributed by atoms with Crippen LogP contribution < -0.4 is 4.74 Å². The van der Waals surface area contributed by atoms with E-state index in [1.165, 1.54) is 5.56 Å². The number of nitrogens with zero attached hydrogens (tertiary/aromatic N) is 2. The number of rotatable bonds is 7. The van der Waals surface area contributed by atoms with Crippen LogP contribution in [0.25, 0.3) is 16.9 Å².